The monoisotopic (exact) mass is 409 g/mol. The van der Waals surface area contributed by atoms with Crippen molar-refractivity contribution < 1.29 is 19.1 Å². The van der Waals surface area contributed by atoms with E-state index in [-0.39, 0.29) is 30.1 Å². The number of hydrogen-bond acceptors (Lipinski definition) is 5. The van der Waals surface area contributed by atoms with Gasteiger partial charge in [0, 0.05) is 30.8 Å². The number of benzene rings is 1. The third-order valence-corrected chi connectivity index (χ3v) is 5.14. The Morgan fingerprint density at radius 3 is 2.63 bits per heavy atom. The molecule has 1 saturated heterocycles. The lowest BCUT2D eigenvalue weighted by molar-refractivity contribution is -0.136. The fourth-order valence-corrected chi connectivity index (χ4v) is 3.44. The summed E-state index contributed by atoms with van der Waals surface area (Å²) in [4.78, 5) is 42.8. The largest absolute Gasteiger partial charge is 0.484 e. The van der Waals surface area contributed by atoms with E-state index in [1.807, 2.05) is 26.0 Å². The Labute approximate surface area is 176 Å². The van der Waals surface area contributed by atoms with E-state index >= 15 is 0 Å². The predicted octanol–water partition coefficient (Wildman–Crippen LogP) is 3.24. The highest BCUT2D eigenvalue weighted by Gasteiger charge is 2.28. The normalized spacial score (nSPS) is 16.1. The standard InChI is InChI=1S/C23H27N3O4/c1-3-20(27)17-9-11-19(12-10-17)30-15-22(28)26-13-5-7-18(14-26)23(29)25-21-8-4-6-16(2)24-21/h4,6,8-12,18H,3,5,7,13-15H2,1-2H3,(H,24,25,29). The van der Waals surface area contributed by atoms with Crippen LogP contribution in [0.2, 0.25) is 0 Å². The maximum Gasteiger partial charge on any atom is 0.260 e. The van der Waals surface area contributed by atoms with Gasteiger partial charge in [0.25, 0.3) is 5.91 Å². The van der Waals surface area contributed by atoms with Crippen LogP contribution in [0.5, 0.6) is 5.75 Å². The number of anilines is 1. The van der Waals surface area contributed by atoms with Crippen molar-refractivity contribution in [1.82, 2.24) is 9.88 Å². The molecule has 2 amide bonds. The van der Waals surface area contributed by atoms with Gasteiger partial charge in [-0.15, -0.1) is 0 Å². The first-order chi connectivity index (χ1) is 14.5. The Morgan fingerprint density at radius 1 is 1.17 bits per heavy atom. The molecule has 0 aliphatic carbocycles. The SMILES string of the molecule is CCC(=O)c1ccc(OCC(=O)N2CCCC(C(=O)Nc3cccc(C)n3)C2)cc1. The van der Waals surface area contributed by atoms with Crippen molar-refractivity contribution in [3.05, 3.63) is 53.7 Å². The summed E-state index contributed by atoms with van der Waals surface area (Å²) >= 11 is 0. The first kappa shape index (κ1) is 21.5. The maximum atomic E-state index is 12.6. The maximum absolute atomic E-state index is 12.6. The van der Waals surface area contributed by atoms with Crippen molar-refractivity contribution in [2.45, 2.75) is 33.1 Å². The van der Waals surface area contributed by atoms with Gasteiger partial charge in [-0.3, -0.25) is 14.4 Å². The summed E-state index contributed by atoms with van der Waals surface area (Å²) in [6.07, 6.45) is 1.94. The topological polar surface area (TPSA) is 88.6 Å². The van der Waals surface area contributed by atoms with Gasteiger partial charge in [0.1, 0.15) is 11.6 Å². The van der Waals surface area contributed by atoms with Crippen molar-refractivity contribution in [3.63, 3.8) is 0 Å². The molecule has 1 aliphatic rings. The summed E-state index contributed by atoms with van der Waals surface area (Å²) < 4.78 is 5.58. The Kier molecular flexibility index (Phi) is 7.17. The summed E-state index contributed by atoms with van der Waals surface area (Å²) in [5.74, 6) is 0.572. The molecule has 1 fully saturated rings. The third-order valence-electron chi connectivity index (χ3n) is 5.14. The number of Topliss-reactive ketones (excluding diaryl/α,β-unsaturated/α-hetero) is 1. The first-order valence-electron chi connectivity index (χ1n) is 10.2. The number of hydrogen-bond donors (Lipinski definition) is 1. The summed E-state index contributed by atoms with van der Waals surface area (Å²) in [7, 11) is 0. The molecule has 1 N–H and O–H groups in total. The minimum absolute atomic E-state index is 0.0659. The van der Waals surface area contributed by atoms with Gasteiger partial charge in [0.15, 0.2) is 12.4 Å². The number of rotatable bonds is 7. The van der Waals surface area contributed by atoms with Gasteiger partial charge in [0.2, 0.25) is 5.91 Å². The summed E-state index contributed by atoms with van der Waals surface area (Å²) in [5, 5.41) is 2.84. The highest BCUT2D eigenvalue weighted by Crippen LogP contribution is 2.19. The number of piperidine rings is 1. The molecular weight excluding hydrogens is 382 g/mol. The van der Waals surface area contributed by atoms with Crippen molar-refractivity contribution >= 4 is 23.4 Å². The number of ketones is 1. The lowest BCUT2D eigenvalue weighted by Gasteiger charge is -2.32. The molecule has 1 aromatic carbocycles. The predicted molar refractivity (Wildman–Crippen MR) is 113 cm³/mol. The number of amides is 2. The zero-order chi connectivity index (χ0) is 21.5. The van der Waals surface area contributed by atoms with E-state index < -0.39 is 0 Å². The molecule has 7 nitrogen and oxygen atoms in total. The molecule has 7 heteroatoms. The molecule has 1 aromatic heterocycles. The van der Waals surface area contributed by atoms with Gasteiger partial charge >= 0.3 is 0 Å². The number of nitrogens with one attached hydrogen (secondary N) is 1. The zero-order valence-corrected chi connectivity index (χ0v) is 17.4. The molecule has 0 radical (unpaired) electrons. The van der Waals surface area contributed by atoms with Crippen LogP contribution in [0.1, 0.15) is 42.2 Å². The second kappa shape index (κ2) is 10.0. The van der Waals surface area contributed by atoms with E-state index in [0.29, 0.717) is 36.6 Å². The molecule has 0 spiro atoms. The van der Waals surface area contributed by atoms with Gasteiger partial charge in [-0.05, 0) is 56.2 Å². The van der Waals surface area contributed by atoms with Crippen LogP contribution in [0.15, 0.2) is 42.5 Å². The Balaban J connectivity index is 1.51. The molecular formula is C23H27N3O4. The molecule has 1 aliphatic heterocycles. The smallest absolute Gasteiger partial charge is 0.260 e. The van der Waals surface area contributed by atoms with E-state index in [1.165, 1.54) is 0 Å². The number of aryl methyl sites for hydroxylation is 1. The summed E-state index contributed by atoms with van der Waals surface area (Å²) in [6, 6.07) is 12.2. The molecule has 1 unspecified atom stereocenters. The molecule has 0 saturated carbocycles. The molecule has 2 heterocycles. The average Bonchev–Trinajstić information content (AvgIpc) is 2.77. The van der Waals surface area contributed by atoms with E-state index in [0.717, 1.165) is 18.5 Å². The second-order valence-corrected chi connectivity index (χ2v) is 7.42. The van der Waals surface area contributed by atoms with E-state index in [2.05, 4.69) is 10.3 Å². The quantitative estimate of drug-likeness (QED) is 0.709. The summed E-state index contributed by atoms with van der Waals surface area (Å²) in [6.45, 7) is 4.55. The number of pyridine rings is 1. The Hall–Kier alpha value is -3.22. The molecule has 2 aromatic rings. The highest BCUT2D eigenvalue weighted by atomic mass is 16.5. The van der Waals surface area contributed by atoms with Crippen molar-refractivity contribution in [3.8, 4) is 5.75 Å². The van der Waals surface area contributed by atoms with Crippen LogP contribution in [0.3, 0.4) is 0 Å². The number of carbonyl (C=O) groups is 3. The van der Waals surface area contributed by atoms with Crippen LogP contribution in [0, 0.1) is 12.8 Å². The van der Waals surface area contributed by atoms with E-state index in [1.54, 1.807) is 35.2 Å². The van der Waals surface area contributed by atoms with Gasteiger partial charge in [-0.1, -0.05) is 13.0 Å². The second-order valence-electron chi connectivity index (χ2n) is 7.42. The number of carbonyl (C=O) groups excluding carboxylic acids is 3. The lowest BCUT2D eigenvalue weighted by Crippen LogP contribution is -2.45. The third kappa shape index (κ3) is 5.65. The number of ether oxygens (including phenoxy) is 1. The minimum atomic E-state index is -0.274. The Bertz CT molecular complexity index is 911. The molecule has 0 bridgehead atoms. The summed E-state index contributed by atoms with van der Waals surface area (Å²) in [5.41, 5.74) is 1.46. The lowest BCUT2D eigenvalue weighted by atomic mass is 9.97. The first-order valence-corrected chi connectivity index (χ1v) is 10.2. The van der Waals surface area contributed by atoms with Gasteiger partial charge in [0.05, 0.1) is 5.92 Å². The van der Waals surface area contributed by atoms with Crippen LogP contribution in [0.4, 0.5) is 5.82 Å². The van der Waals surface area contributed by atoms with Crippen molar-refractivity contribution in [2.24, 2.45) is 5.92 Å². The van der Waals surface area contributed by atoms with Crippen LogP contribution < -0.4 is 10.1 Å². The van der Waals surface area contributed by atoms with Crippen LogP contribution >= 0.6 is 0 Å². The van der Waals surface area contributed by atoms with E-state index in [4.69, 9.17) is 4.74 Å². The minimum Gasteiger partial charge on any atom is -0.484 e. The fourth-order valence-electron chi connectivity index (χ4n) is 3.44. The fraction of sp³-hybridized carbons (Fsp3) is 0.391. The number of likely N-dealkylation sites (tertiary alicyclic amines) is 1. The van der Waals surface area contributed by atoms with Crippen LogP contribution in [-0.4, -0.2) is 47.2 Å². The van der Waals surface area contributed by atoms with Gasteiger partial charge < -0.3 is 15.0 Å². The zero-order valence-electron chi connectivity index (χ0n) is 17.4. The molecule has 158 valence electrons. The van der Waals surface area contributed by atoms with E-state index in [9.17, 15) is 14.4 Å². The number of aromatic nitrogens is 1. The average molecular weight is 409 g/mol. The van der Waals surface area contributed by atoms with Crippen LogP contribution in [-0.2, 0) is 9.59 Å². The molecule has 30 heavy (non-hydrogen) atoms. The van der Waals surface area contributed by atoms with Crippen LogP contribution in [0.25, 0.3) is 0 Å². The molecule has 1 atom stereocenters. The molecule has 3 rings (SSSR count). The van der Waals surface area contributed by atoms with Crippen molar-refractivity contribution in [1.29, 1.82) is 0 Å². The highest BCUT2D eigenvalue weighted by molar-refractivity contribution is 5.96. The number of nitrogens with zero attached hydrogens (tertiary/aromatic N) is 2. The van der Waals surface area contributed by atoms with Gasteiger partial charge in [-0.25, -0.2) is 4.98 Å². The Morgan fingerprint density at radius 2 is 1.93 bits per heavy atom. The van der Waals surface area contributed by atoms with Gasteiger partial charge in [-0.2, -0.15) is 0 Å². The van der Waals surface area contributed by atoms with Crippen molar-refractivity contribution in [2.75, 3.05) is 25.0 Å².